The van der Waals surface area contributed by atoms with Gasteiger partial charge in [0.05, 0.1) is 26.9 Å². The topological polar surface area (TPSA) is 39.7 Å². The number of halogens is 1. The van der Waals surface area contributed by atoms with Crippen LogP contribution in [0.15, 0.2) is 10.5 Å². The molecule has 0 bridgehead atoms. The van der Waals surface area contributed by atoms with E-state index in [-0.39, 0.29) is 6.10 Å². The molecule has 1 heterocycles. The highest BCUT2D eigenvalue weighted by atomic mass is 79.9. The number of methoxy groups -OCH3 is 2. The fourth-order valence-corrected chi connectivity index (χ4v) is 3.33. The summed E-state index contributed by atoms with van der Waals surface area (Å²) >= 11 is 3.66. The Morgan fingerprint density at radius 3 is 2.60 bits per heavy atom. The zero-order valence-electron chi connectivity index (χ0n) is 12.5. The van der Waals surface area contributed by atoms with Crippen molar-refractivity contribution in [3.05, 3.63) is 21.7 Å². The fourth-order valence-electron chi connectivity index (χ4n) is 2.66. The van der Waals surface area contributed by atoms with Gasteiger partial charge in [-0.15, -0.1) is 0 Å². The van der Waals surface area contributed by atoms with Crippen LogP contribution in [0.1, 0.15) is 37.0 Å². The van der Waals surface area contributed by atoms with Crippen molar-refractivity contribution in [2.75, 3.05) is 33.9 Å². The Bertz CT molecular complexity index is 471. The number of morpholine rings is 1. The zero-order chi connectivity index (χ0) is 14.7. The van der Waals surface area contributed by atoms with E-state index in [0.717, 1.165) is 46.8 Å². The molecule has 0 saturated carbocycles. The number of ether oxygens (including phenoxy) is 3. The van der Waals surface area contributed by atoms with Crippen LogP contribution in [-0.2, 0) is 4.74 Å². The van der Waals surface area contributed by atoms with Crippen molar-refractivity contribution in [2.24, 2.45) is 0 Å². The van der Waals surface area contributed by atoms with E-state index in [9.17, 15) is 0 Å². The van der Waals surface area contributed by atoms with Crippen LogP contribution in [0.4, 0.5) is 0 Å². The number of hydrogen-bond donors (Lipinski definition) is 1. The maximum atomic E-state index is 5.92. The van der Waals surface area contributed by atoms with E-state index in [1.165, 1.54) is 0 Å². The SMILES string of the molecule is COc1cc(Br)c(C2CNCCO2)c(C(C)C)c1OC. The standard InChI is InChI=1S/C15H22BrNO3/c1-9(2)13-14(12-8-17-5-6-20-12)10(16)7-11(18-3)15(13)19-4/h7,9,12,17H,5-6,8H2,1-4H3. The molecule has 2 rings (SSSR count). The smallest absolute Gasteiger partial charge is 0.164 e. The number of hydrogen-bond acceptors (Lipinski definition) is 4. The number of benzene rings is 1. The molecule has 1 aromatic rings. The molecule has 1 unspecified atom stereocenters. The summed E-state index contributed by atoms with van der Waals surface area (Å²) in [6.07, 6.45) is 0.0373. The molecule has 1 atom stereocenters. The van der Waals surface area contributed by atoms with E-state index in [0.29, 0.717) is 5.92 Å². The molecule has 112 valence electrons. The molecule has 1 saturated heterocycles. The summed E-state index contributed by atoms with van der Waals surface area (Å²) in [4.78, 5) is 0. The molecule has 1 aromatic carbocycles. The second-order valence-corrected chi connectivity index (χ2v) is 5.99. The molecule has 0 amide bonds. The van der Waals surface area contributed by atoms with Crippen LogP contribution in [0.2, 0.25) is 0 Å². The molecular formula is C15H22BrNO3. The highest BCUT2D eigenvalue weighted by molar-refractivity contribution is 9.10. The molecular weight excluding hydrogens is 322 g/mol. The van der Waals surface area contributed by atoms with Gasteiger partial charge < -0.3 is 19.5 Å². The molecule has 5 heteroatoms. The minimum atomic E-state index is 0.0373. The predicted molar refractivity (Wildman–Crippen MR) is 82.9 cm³/mol. The molecule has 1 N–H and O–H groups in total. The Labute approximate surface area is 128 Å². The van der Waals surface area contributed by atoms with Gasteiger partial charge in [-0.1, -0.05) is 29.8 Å². The highest BCUT2D eigenvalue weighted by Crippen LogP contribution is 2.45. The maximum absolute atomic E-state index is 5.92. The second kappa shape index (κ2) is 6.78. The third-order valence-electron chi connectivity index (χ3n) is 3.52. The van der Waals surface area contributed by atoms with Gasteiger partial charge in [0.15, 0.2) is 11.5 Å². The lowest BCUT2D eigenvalue weighted by Gasteiger charge is -2.29. The van der Waals surface area contributed by atoms with Crippen molar-refractivity contribution in [3.63, 3.8) is 0 Å². The first-order valence-electron chi connectivity index (χ1n) is 6.86. The largest absolute Gasteiger partial charge is 0.493 e. The van der Waals surface area contributed by atoms with E-state index in [4.69, 9.17) is 14.2 Å². The van der Waals surface area contributed by atoms with Gasteiger partial charge in [-0.3, -0.25) is 0 Å². The maximum Gasteiger partial charge on any atom is 0.164 e. The van der Waals surface area contributed by atoms with E-state index in [1.807, 2.05) is 6.07 Å². The van der Waals surface area contributed by atoms with E-state index < -0.39 is 0 Å². The van der Waals surface area contributed by atoms with Crippen molar-refractivity contribution in [1.29, 1.82) is 0 Å². The van der Waals surface area contributed by atoms with Crippen molar-refractivity contribution in [3.8, 4) is 11.5 Å². The first-order valence-corrected chi connectivity index (χ1v) is 7.66. The third kappa shape index (κ3) is 2.95. The lowest BCUT2D eigenvalue weighted by atomic mass is 9.92. The van der Waals surface area contributed by atoms with Gasteiger partial charge in [0.2, 0.25) is 0 Å². The van der Waals surface area contributed by atoms with Gasteiger partial charge in [-0.05, 0) is 12.0 Å². The summed E-state index contributed by atoms with van der Waals surface area (Å²) in [5.74, 6) is 1.86. The van der Waals surface area contributed by atoms with Crippen LogP contribution in [0, 0.1) is 0 Å². The van der Waals surface area contributed by atoms with Crippen LogP contribution in [0.25, 0.3) is 0 Å². The lowest BCUT2D eigenvalue weighted by molar-refractivity contribution is 0.0264. The van der Waals surface area contributed by atoms with E-state index in [2.05, 4.69) is 35.1 Å². The van der Waals surface area contributed by atoms with E-state index in [1.54, 1.807) is 14.2 Å². The lowest BCUT2D eigenvalue weighted by Crippen LogP contribution is -2.34. The molecule has 0 aromatic heterocycles. The summed E-state index contributed by atoms with van der Waals surface area (Å²) in [6, 6.07) is 1.96. The van der Waals surface area contributed by atoms with Crippen LogP contribution in [0.5, 0.6) is 11.5 Å². The van der Waals surface area contributed by atoms with Crippen molar-refractivity contribution in [1.82, 2.24) is 5.32 Å². The van der Waals surface area contributed by atoms with Gasteiger partial charge in [-0.25, -0.2) is 0 Å². The van der Waals surface area contributed by atoms with Crippen LogP contribution >= 0.6 is 15.9 Å². The van der Waals surface area contributed by atoms with Gasteiger partial charge in [0, 0.05) is 28.7 Å². The van der Waals surface area contributed by atoms with Crippen molar-refractivity contribution < 1.29 is 14.2 Å². The van der Waals surface area contributed by atoms with Gasteiger partial charge in [0.1, 0.15) is 0 Å². The number of nitrogens with one attached hydrogen (secondary N) is 1. The predicted octanol–water partition coefficient (Wildman–Crippen LogP) is 3.25. The first-order chi connectivity index (χ1) is 9.60. The van der Waals surface area contributed by atoms with Gasteiger partial charge in [-0.2, -0.15) is 0 Å². The van der Waals surface area contributed by atoms with E-state index >= 15 is 0 Å². The van der Waals surface area contributed by atoms with Crippen molar-refractivity contribution >= 4 is 15.9 Å². The third-order valence-corrected chi connectivity index (χ3v) is 4.18. The molecule has 1 aliphatic rings. The quantitative estimate of drug-likeness (QED) is 0.910. The molecule has 4 nitrogen and oxygen atoms in total. The summed E-state index contributed by atoms with van der Waals surface area (Å²) in [6.45, 7) is 6.75. The van der Waals surface area contributed by atoms with Gasteiger partial charge >= 0.3 is 0 Å². The molecule has 1 aliphatic heterocycles. The fraction of sp³-hybridized carbons (Fsp3) is 0.600. The Morgan fingerprint density at radius 2 is 2.10 bits per heavy atom. The molecule has 20 heavy (non-hydrogen) atoms. The molecule has 0 radical (unpaired) electrons. The van der Waals surface area contributed by atoms with Gasteiger partial charge in [0.25, 0.3) is 0 Å². The normalized spacial score (nSPS) is 19.2. The Balaban J connectivity index is 2.58. The summed E-state index contributed by atoms with van der Waals surface area (Å²) in [5.41, 5.74) is 2.30. The minimum Gasteiger partial charge on any atom is -0.493 e. The zero-order valence-corrected chi connectivity index (χ0v) is 14.0. The monoisotopic (exact) mass is 343 g/mol. The molecule has 1 fully saturated rings. The van der Waals surface area contributed by atoms with Crippen molar-refractivity contribution in [2.45, 2.75) is 25.9 Å². The molecule has 0 aliphatic carbocycles. The Kier molecular flexibility index (Phi) is 5.29. The average molecular weight is 344 g/mol. The van der Waals surface area contributed by atoms with Crippen LogP contribution in [-0.4, -0.2) is 33.9 Å². The second-order valence-electron chi connectivity index (χ2n) is 5.14. The first kappa shape index (κ1) is 15.6. The summed E-state index contributed by atoms with van der Waals surface area (Å²) < 4.78 is 18.0. The van der Waals surface area contributed by atoms with Crippen LogP contribution in [0.3, 0.4) is 0 Å². The minimum absolute atomic E-state index is 0.0373. The summed E-state index contributed by atoms with van der Waals surface area (Å²) in [7, 11) is 3.34. The summed E-state index contributed by atoms with van der Waals surface area (Å²) in [5, 5.41) is 3.37. The van der Waals surface area contributed by atoms with Crippen LogP contribution < -0.4 is 14.8 Å². The number of rotatable bonds is 4. The molecule has 0 spiro atoms. The Hall–Kier alpha value is -0.780. The Morgan fingerprint density at radius 1 is 1.35 bits per heavy atom. The average Bonchev–Trinajstić information content (AvgIpc) is 2.46. The highest BCUT2D eigenvalue weighted by Gasteiger charge is 2.27.